The van der Waals surface area contributed by atoms with Crippen molar-refractivity contribution in [1.29, 1.82) is 0 Å². The van der Waals surface area contributed by atoms with Crippen molar-refractivity contribution >= 4 is 29.7 Å². The van der Waals surface area contributed by atoms with Crippen molar-refractivity contribution in [2.75, 3.05) is 19.6 Å². The third-order valence-electron chi connectivity index (χ3n) is 7.23. The first-order valence-corrected chi connectivity index (χ1v) is 13.3. The average molecular weight is 476 g/mol. The Labute approximate surface area is 206 Å². The summed E-state index contributed by atoms with van der Waals surface area (Å²) in [6.07, 6.45) is 6.61. The molecule has 0 aromatic heterocycles. The Morgan fingerprint density at radius 3 is 2.74 bits per heavy atom. The number of hydrogen-bond acceptors (Lipinski definition) is 4. The van der Waals surface area contributed by atoms with Crippen LogP contribution >= 0.6 is 11.8 Å². The van der Waals surface area contributed by atoms with Crippen LogP contribution in [0.3, 0.4) is 0 Å². The van der Waals surface area contributed by atoms with Gasteiger partial charge in [-0.15, -0.1) is 11.8 Å². The molecule has 2 aromatic carbocycles. The Kier molecular flexibility index (Phi) is 7.36. The minimum atomic E-state index is -0.0146. The van der Waals surface area contributed by atoms with Gasteiger partial charge in [-0.3, -0.25) is 14.5 Å². The Bertz CT molecular complexity index is 1050. The molecule has 3 atom stereocenters. The number of thioether (sulfide) groups is 1. The van der Waals surface area contributed by atoms with E-state index in [1.54, 1.807) is 11.8 Å². The van der Waals surface area contributed by atoms with E-state index in [1.807, 2.05) is 36.4 Å². The van der Waals surface area contributed by atoms with Gasteiger partial charge in [0.25, 0.3) is 5.91 Å². The van der Waals surface area contributed by atoms with Gasteiger partial charge in [-0.05, 0) is 54.9 Å². The van der Waals surface area contributed by atoms with Crippen molar-refractivity contribution in [3.8, 4) is 0 Å². The maximum atomic E-state index is 12.8. The highest BCUT2D eigenvalue weighted by Gasteiger charge is 2.39. The van der Waals surface area contributed by atoms with Crippen molar-refractivity contribution in [2.45, 2.75) is 49.9 Å². The van der Waals surface area contributed by atoms with Gasteiger partial charge in [-0.25, -0.2) is 0 Å². The maximum absolute atomic E-state index is 12.8. The zero-order chi connectivity index (χ0) is 23.3. The second-order valence-electron chi connectivity index (χ2n) is 9.60. The number of nitrogens with zero attached hydrogens (tertiary/aromatic N) is 1. The smallest absolute Gasteiger partial charge is 0.257 e. The van der Waals surface area contributed by atoms with Gasteiger partial charge in [0.1, 0.15) is 0 Å². The van der Waals surface area contributed by atoms with Crippen LogP contribution in [0.5, 0.6) is 0 Å². The summed E-state index contributed by atoms with van der Waals surface area (Å²) in [6, 6.07) is 18.7. The normalized spacial score (nSPS) is 25.8. The minimum absolute atomic E-state index is 0.0105. The van der Waals surface area contributed by atoms with E-state index in [1.165, 1.54) is 11.1 Å². The van der Waals surface area contributed by atoms with Crippen molar-refractivity contribution in [2.24, 2.45) is 5.92 Å². The lowest BCUT2D eigenvalue weighted by atomic mass is 9.84. The fourth-order valence-electron chi connectivity index (χ4n) is 5.33. The first-order chi connectivity index (χ1) is 16.7. The molecule has 6 heteroatoms. The van der Waals surface area contributed by atoms with Gasteiger partial charge in [-0.1, -0.05) is 54.6 Å². The highest BCUT2D eigenvalue weighted by atomic mass is 32.2. The van der Waals surface area contributed by atoms with Crippen LogP contribution in [0.1, 0.15) is 42.4 Å². The number of nitrogens with one attached hydrogen (secondary N) is 2. The van der Waals surface area contributed by atoms with Crippen LogP contribution in [-0.4, -0.2) is 47.6 Å². The van der Waals surface area contributed by atoms with E-state index in [2.05, 4.69) is 39.8 Å². The van der Waals surface area contributed by atoms with E-state index in [4.69, 9.17) is 0 Å². The quantitative estimate of drug-likeness (QED) is 0.490. The van der Waals surface area contributed by atoms with E-state index in [-0.39, 0.29) is 23.8 Å². The van der Waals surface area contributed by atoms with Crippen LogP contribution in [-0.2, 0) is 22.6 Å². The molecule has 1 saturated heterocycles. The summed E-state index contributed by atoms with van der Waals surface area (Å²) < 4.78 is 0. The topological polar surface area (TPSA) is 61.4 Å². The minimum Gasteiger partial charge on any atom is -0.356 e. The zero-order valence-electron chi connectivity index (χ0n) is 19.5. The lowest BCUT2D eigenvalue weighted by Crippen LogP contribution is -2.51. The van der Waals surface area contributed by atoms with Gasteiger partial charge >= 0.3 is 0 Å². The van der Waals surface area contributed by atoms with E-state index in [0.29, 0.717) is 11.8 Å². The Hall–Kier alpha value is -2.57. The highest BCUT2D eigenvalue weighted by Crippen LogP contribution is 2.39. The standard InChI is InChI=1S/C28H33N3O2S/c32-27(29-14-6-15-31-16-13-21-9-4-5-10-23(21)19-31)22-11-12-25-24(18-22)30-28(33)26(34-25)17-20-7-2-1-3-8-20/h1-5,7-10,17,22,24-25H,6,11-16,18-19H2,(H,29,32)(H,30,33)/b26-17-. The largest absolute Gasteiger partial charge is 0.356 e. The second kappa shape index (κ2) is 10.8. The lowest BCUT2D eigenvalue weighted by Gasteiger charge is -2.39. The zero-order valence-corrected chi connectivity index (χ0v) is 20.4. The number of carbonyl (C=O) groups excluding carboxylic acids is 2. The van der Waals surface area contributed by atoms with Crippen molar-refractivity contribution in [3.63, 3.8) is 0 Å². The fraction of sp³-hybridized carbons (Fsp3) is 0.429. The lowest BCUT2D eigenvalue weighted by molar-refractivity contribution is -0.127. The third-order valence-corrected chi connectivity index (χ3v) is 8.66. The second-order valence-corrected chi connectivity index (χ2v) is 10.9. The molecule has 3 unspecified atom stereocenters. The number of carbonyl (C=O) groups is 2. The summed E-state index contributed by atoms with van der Waals surface area (Å²) in [6.45, 7) is 3.82. The summed E-state index contributed by atoms with van der Waals surface area (Å²) in [5.74, 6) is 0.121. The molecule has 2 amide bonds. The fourth-order valence-corrected chi connectivity index (χ4v) is 6.63. The van der Waals surface area contributed by atoms with Crippen LogP contribution in [0.4, 0.5) is 0 Å². The van der Waals surface area contributed by atoms with Crippen LogP contribution in [0.2, 0.25) is 0 Å². The molecule has 5 rings (SSSR count). The van der Waals surface area contributed by atoms with Crippen LogP contribution < -0.4 is 10.6 Å². The summed E-state index contributed by atoms with van der Waals surface area (Å²) in [4.78, 5) is 28.7. The Balaban J connectivity index is 1.06. The first-order valence-electron chi connectivity index (χ1n) is 12.5. The van der Waals surface area contributed by atoms with Crippen molar-refractivity contribution < 1.29 is 9.59 Å². The third kappa shape index (κ3) is 5.56. The van der Waals surface area contributed by atoms with Gasteiger partial charge in [0.2, 0.25) is 5.91 Å². The molecule has 1 saturated carbocycles. The molecular formula is C28H33N3O2S. The molecule has 1 aliphatic carbocycles. The van der Waals surface area contributed by atoms with Crippen LogP contribution in [0, 0.1) is 5.92 Å². The van der Waals surface area contributed by atoms with Gasteiger partial charge in [0, 0.05) is 43.4 Å². The number of hydrogen-bond donors (Lipinski definition) is 2. The van der Waals surface area contributed by atoms with Crippen LogP contribution in [0.15, 0.2) is 59.5 Å². The van der Waals surface area contributed by atoms with Crippen molar-refractivity contribution in [3.05, 3.63) is 76.2 Å². The number of rotatable bonds is 6. The maximum Gasteiger partial charge on any atom is 0.257 e. The molecule has 0 spiro atoms. The predicted octanol–water partition coefficient (Wildman–Crippen LogP) is 3.99. The summed E-state index contributed by atoms with van der Waals surface area (Å²) in [5.41, 5.74) is 3.95. The monoisotopic (exact) mass is 475 g/mol. The number of fused-ring (bicyclic) bond motifs is 2. The van der Waals surface area contributed by atoms with E-state index in [9.17, 15) is 9.59 Å². The molecule has 178 valence electrons. The Morgan fingerprint density at radius 1 is 1.09 bits per heavy atom. The van der Waals surface area contributed by atoms with E-state index in [0.717, 1.165) is 62.2 Å². The molecule has 2 N–H and O–H groups in total. The van der Waals surface area contributed by atoms with E-state index >= 15 is 0 Å². The molecule has 2 aliphatic heterocycles. The first kappa shape index (κ1) is 23.2. The molecule has 0 bridgehead atoms. The molecule has 2 heterocycles. The molecule has 5 nitrogen and oxygen atoms in total. The Morgan fingerprint density at radius 2 is 1.88 bits per heavy atom. The average Bonchev–Trinajstić information content (AvgIpc) is 2.87. The summed E-state index contributed by atoms with van der Waals surface area (Å²) >= 11 is 1.68. The molecule has 0 radical (unpaired) electrons. The van der Waals surface area contributed by atoms with Crippen LogP contribution in [0.25, 0.3) is 6.08 Å². The number of amides is 2. The molecular weight excluding hydrogens is 442 g/mol. The van der Waals surface area contributed by atoms with Gasteiger partial charge in [0.05, 0.1) is 4.91 Å². The molecule has 2 fully saturated rings. The molecule has 3 aliphatic rings. The SMILES string of the molecule is O=C1NC2CC(C(=O)NCCCN3CCc4ccccc4C3)CCC2S/C1=C\c1ccccc1. The van der Waals surface area contributed by atoms with E-state index < -0.39 is 0 Å². The summed E-state index contributed by atoms with van der Waals surface area (Å²) in [5, 5.41) is 6.69. The predicted molar refractivity (Wildman–Crippen MR) is 138 cm³/mol. The highest BCUT2D eigenvalue weighted by molar-refractivity contribution is 8.04. The van der Waals surface area contributed by atoms with Crippen molar-refractivity contribution in [1.82, 2.24) is 15.5 Å². The molecule has 34 heavy (non-hydrogen) atoms. The number of benzene rings is 2. The molecule has 2 aromatic rings. The van der Waals surface area contributed by atoms with Gasteiger partial charge in [0.15, 0.2) is 0 Å². The van der Waals surface area contributed by atoms with Gasteiger partial charge < -0.3 is 10.6 Å². The van der Waals surface area contributed by atoms with Gasteiger partial charge in [-0.2, -0.15) is 0 Å². The summed E-state index contributed by atoms with van der Waals surface area (Å²) in [7, 11) is 0.